The normalized spacial score (nSPS) is 11.8. The molecule has 0 aliphatic heterocycles. The molecule has 0 amide bonds. The minimum Gasteiger partial charge on any atom is -0.330 e. The summed E-state index contributed by atoms with van der Waals surface area (Å²) in [4.78, 5) is 20.6. The second-order valence-corrected chi connectivity index (χ2v) is 5.89. The summed E-state index contributed by atoms with van der Waals surface area (Å²) < 4.78 is 2.10. The minimum absolute atomic E-state index is 0.0761. The monoisotopic (exact) mass is 288 g/mol. The topological polar surface area (TPSA) is 41.4 Å². The van der Waals surface area contributed by atoms with Crippen LogP contribution in [0.1, 0.15) is 23.1 Å². The van der Waals surface area contributed by atoms with Crippen molar-refractivity contribution in [2.24, 2.45) is 7.05 Å². The maximum atomic E-state index is 11.5. The second kappa shape index (κ2) is 6.37. The fourth-order valence-electron chi connectivity index (χ4n) is 2.30. The zero-order valence-corrected chi connectivity index (χ0v) is 13.6. The van der Waals surface area contributed by atoms with Crippen LogP contribution in [0.4, 0.5) is 0 Å². The zero-order valence-electron chi connectivity index (χ0n) is 13.6. The molecule has 21 heavy (non-hydrogen) atoms. The van der Waals surface area contributed by atoms with Gasteiger partial charge in [0.25, 0.3) is 0 Å². The average molecular weight is 288 g/mol. The molecule has 0 N–H and O–H groups in total. The van der Waals surface area contributed by atoms with Gasteiger partial charge in [0.15, 0.2) is 5.78 Å². The van der Waals surface area contributed by atoms with Crippen molar-refractivity contribution in [3.63, 3.8) is 0 Å². The van der Waals surface area contributed by atoms with Crippen molar-refractivity contribution in [3.8, 4) is 0 Å². The van der Waals surface area contributed by atoms with Gasteiger partial charge < -0.3 is 9.47 Å². The van der Waals surface area contributed by atoms with Crippen molar-refractivity contribution in [2.45, 2.75) is 13.5 Å². The summed E-state index contributed by atoms with van der Waals surface area (Å²) in [5.74, 6) is 1.10. The Kier molecular flexibility index (Phi) is 4.75. The number of hydrogen-bond acceptors (Lipinski definition) is 4. The first-order valence-electron chi connectivity index (χ1n) is 7.18. The van der Waals surface area contributed by atoms with E-state index < -0.39 is 0 Å². The van der Waals surface area contributed by atoms with E-state index in [2.05, 4.69) is 40.5 Å². The number of carbonyl (C=O) groups excluding carboxylic acids is 1. The number of aryl methyl sites for hydroxylation is 1. The fraction of sp³-hybridized carbons (Fsp3) is 0.500. The summed E-state index contributed by atoms with van der Waals surface area (Å²) in [5, 5.41) is 0. The van der Waals surface area contributed by atoms with Crippen LogP contribution in [0.25, 0.3) is 11.0 Å². The Morgan fingerprint density at radius 1 is 1.24 bits per heavy atom. The first-order chi connectivity index (χ1) is 9.88. The van der Waals surface area contributed by atoms with Crippen LogP contribution in [0.5, 0.6) is 0 Å². The third-order valence-corrected chi connectivity index (χ3v) is 3.72. The molecule has 1 aromatic carbocycles. The highest BCUT2D eigenvalue weighted by atomic mass is 16.1. The van der Waals surface area contributed by atoms with Crippen LogP contribution in [0.2, 0.25) is 0 Å². The molecule has 1 heterocycles. The maximum Gasteiger partial charge on any atom is 0.159 e. The van der Waals surface area contributed by atoms with Crippen LogP contribution in [0, 0.1) is 0 Å². The van der Waals surface area contributed by atoms with E-state index in [1.807, 2.05) is 25.2 Å². The Bertz CT molecular complexity index is 645. The molecule has 0 atom stereocenters. The smallest absolute Gasteiger partial charge is 0.159 e. The first kappa shape index (κ1) is 15.7. The van der Waals surface area contributed by atoms with Crippen LogP contribution >= 0.6 is 0 Å². The second-order valence-electron chi connectivity index (χ2n) is 5.89. The van der Waals surface area contributed by atoms with Gasteiger partial charge in [0.2, 0.25) is 0 Å². The molecule has 0 fully saturated rings. The molecule has 5 heteroatoms. The number of imidazole rings is 1. The molecule has 0 radical (unpaired) electrons. The van der Waals surface area contributed by atoms with Crippen LogP contribution in [0.3, 0.4) is 0 Å². The predicted molar refractivity (Wildman–Crippen MR) is 85.6 cm³/mol. The van der Waals surface area contributed by atoms with Crippen molar-refractivity contribution in [1.82, 2.24) is 19.4 Å². The van der Waals surface area contributed by atoms with Gasteiger partial charge in [-0.2, -0.15) is 0 Å². The van der Waals surface area contributed by atoms with Gasteiger partial charge in [-0.05, 0) is 46.3 Å². The number of ketones is 1. The number of likely N-dealkylation sites (N-methyl/N-ethyl adjacent to an activating group) is 2. The lowest BCUT2D eigenvalue weighted by atomic mass is 10.1. The van der Waals surface area contributed by atoms with Gasteiger partial charge in [-0.15, -0.1) is 0 Å². The summed E-state index contributed by atoms with van der Waals surface area (Å²) in [6.07, 6.45) is 0. The molecule has 1 aromatic heterocycles. The molecule has 2 aromatic rings. The van der Waals surface area contributed by atoms with Crippen molar-refractivity contribution in [3.05, 3.63) is 29.6 Å². The van der Waals surface area contributed by atoms with E-state index in [1.165, 1.54) is 0 Å². The lowest BCUT2D eigenvalue weighted by molar-refractivity contribution is 0.101. The van der Waals surface area contributed by atoms with E-state index in [9.17, 15) is 4.79 Å². The zero-order chi connectivity index (χ0) is 15.6. The van der Waals surface area contributed by atoms with Gasteiger partial charge in [-0.1, -0.05) is 0 Å². The highest BCUT2D eigenvalue weighted by molar-refractivity contribution is 5.97. The average Bonchev–Trinajstić information content (AvgIpc) is 2.72. The molecule has 0 unspecified atom stereocenters. The summed E-state index contributed by atoms with van der Waals surface area (Å²) >= 11 is 0. The van der Waals surface area contributed by atoms with Crippen LogP contribution < -0.4 is 0 Å². The molecule has 0 aliphatic rings. The third kappa shape index (κ3) is 3.68. The van der Waals surface area contributed by atoms with Gasteiger partial charge in [0.1, 0.15) is 5.82 Å². The third-order valence-electron chi connectivity index (χ3n) is 3.72. The quantitative estimate of drug-likeness (QED) is 0.760. The van der Waals surface area contributed by atoms with Gasteiger partial charge in [0, 0.05) is 25.7 Å². The van der Waals surface area contributed by atoms with E-state index in [4.69, 9.17) is 0 Å². The molecule has 0 bridgehead atoms. The van der Waals surface area contributed by atoms with Crippen molar-refractivity contribution < 1.29 is 4.79 Å². The molecular formula is C16H24N4O. The molecule has 0 aliphatic carbocycles. The van der Waals surface area contributed by atoms with E-state index in [1.54, 1.807) is 6.92 Å². The van der Waals surface area contributed by atoms with Gasteiger partial charge in [0.05, 0.1) is 17.6 Å². The SMILES string of the molecule is CC(=O)c1ccc2c(c1)nc(CN(C)CCN(C)C)n2C. The van der Waals surface area contributed by atoms with Gasteiger partial charge in [-0.3, -0.25) is 9.69 Å². The predicted octanol–water partition coefficient (Wildman–Crippen LogP) is 1.77. The lowest BCUT2D eigenvalue weighted by Crippen LogP contribution is -2.29. The number of hydrogen-bond donors (Lipinski definition) is 0. The van der Waals surface area contributed by atoms with Crippen LogP contribution in [0.15, 0.2) is 18.2 Å². The number of benzene rings is 1. The summed E-state index contributed by atoms with van der Waals surface area (Å²) in [5.41, 5.74) is 2.67. The highest BCUT2D eigenvalue weighted by Crippen LogP contribution is 2.18. The Morgan fingerprint density at radius 3 is 2.57 bits per heavy atom. The van der Waals surface area contributed by atoms with Gasteiger partial charge >= 0.3 is 0 Å². The van der Waals surface area contributed by atoms with Crippen molar-refractivity contribution in [1.29, 1.82) is 0 Å². The molecule has 0 saturated heterocycles. The van der Waals surface area contributed by atoms with E-state index in [0.717, 1.165) is 36.5 Å². The Balaban J connectivity index is 2.20. The van der Waals surface area contributed by atoms with E-state index >= 15 is 0 Å². The van der Waals surface area contributed by atoms with Crippen molar-refractivity contribution >= 4 is 16.8 Å². The maximum absolute atomic E-state index is 11.5. The number of rotatable bonds is 6. The number of carbonyl (C=O) groups is 1. The number of Topliss-reactive ketones (excluding diaryl/α,β-unsaturated/α-hetero) is 1. The van der Waals surface area contributed by atoms with Crippen LogP contribution in [-0.4, -0.2) is 59.4 Å². The van der Waals surface area contributed by atoms with E-state index in [0.29, 0.717) is 5.56 Å². The first-order valence-corrected chi connectivity index (χ1v) is 7.18. The lowest BCUT2D eigenvalue weighted by Gasteiger charge is -2.18. The molecule has 0 spiro atoms. The number of aromatic nitrogens is 2. The highest BCUT2D eigenvalue weighted by Gasteiger charge is 2.11. The Labute approximate surface area is 126 Å². The van der Waals surface area contributed by atoms with Gasteiger partial charge in [-0.25, -0.2) is 4.98 Å². The fourth-order valence-corrected chi connectivity index (χ4v) is 2.30. The largest absolute Gasteiger partial charge is 0.330 e. The summed E-state index contributed by atoms with van der Waals surface area (Å²) in [6, 6.07) is 5.72. The molecule has 0 saturated carbocycles. The Hall–Kier alpha value is -1.72. The molecule has 114 valence electrons. The van der Waals surface area contributed by atoms with Crippen LogP contribution in [-0.2, 0) is 13.6 Å². The molecular weight excluding hydrogens is 264 g/mol. The minimum atomic E-state index is 0.0761. The number of fused-ring (bicyclic) bond motifs is 1. The summed E-state index contributed by atoms with van der Waals surface area (Å²) in [6.45, 7) is 4.40. The Morgan fingerprint density at radius 2 is 1.95 bits per heavy atom. The molecule has 2 rings (SSSR count). The standard InChI is InChI=1S/C16H24N4O/c1-12(21)13-6-7-15-14(10-13)17-16(20(15)5)11-19(4)9-8-18(2)3/h6-7,10H,8-9,11H2,1-5H3. The number of nitrogens with zero attached hydrogens (tertiary/aromatic N) is 4. The molecule has 5 nitrogen and oxygen atoms in total. The summed E-state index contributed by atoms with van der Waals surface area (Å²) in [7, 11) is 8.28. The van der Waals surface area contributed by atoms with E-state index in [-0.39, 0.29) is 5.78 Å². The van der Waals surface area contributed by atoms with Crippen molar-refractivity contribution in [2.75, 3.05) is 34.2 Å².